The van der Waals surface area contributed by atoms with Crippen LogP contribution in [0, 0.1) is 11.3 Å². The van der Waals surface area contributed by atoms with Crippen molar-refractivity contribution in [3.63, 3.8) is 0 Å². The first-order valence-electron chi connectivity index (χ1n) is 4.71. The van der Waals surface area contributed by atoms with Gasteiger partial charge in [0, 0.05) is 12.5 Å². The third kappa shape index (κ3) is 1.99. The van der Waals surface area contributed by atoms with Crippen molar-refractivity contribution >= 4 is 0 Å². The van der Waals surface area contributed by atoms with E-state index in [0.717, 1.165) is 6.61 Å². The maximum atomic E-state index is 5.68. The van der Waals surface area contributed by atoms with Crippen molar-refractivity contribution in [2.75, 3.05) is 20.7 Å². The molecular formula is C10H21NO. The van der Waals surface area contributed by atoms with Crippen LogP contribution in [0.3, 0.4) is 0 Å². The molecule has 1 fully saturated rings. The number of hydrogen-bond donors (Lipinski definition) is 0. The number of ether oxygens (including phenoxy) is 1. The van der Waals surface area contributed by atoms with Crippen LogP contribution in [0.5, 0.6) is 0 Å². The Labute approximate surface area is 75.9 Å². The second-order valence-corrected chi connectivity index (χ2v) is 4.99. The van der Waals surface area contributed by atoms with Gasteiger partial charge in [0.15, 0.2) is 0 Å². The molecule has 0 bridgehead atoms. The molecule has 0 aliphatic carbocycles. The van der Waals surface area contributed by atoms with Gasteiger partial charge in [-0.15, -0.1) is 0 Å². The molecule has 0 spiro atoms. The second-order valence-electron chi connectivity index (χ2n) is 4.99. The van der Waals surface area contributed by atoms with Crippen molar-refractivity contribution < 1.29 is 4.74 Å². The summed E-state index contributed by atoms with van der Waals surface area (Å²) in [6.07, 6.45) is 1.52. The van der Waals surface area contributed by atoms with E-state index >= 15 is 0 Å². The van der Waals surface area contributed by atoms with E-state index in [2.05, 4.69) is 39.8 Å². The molecule has 1 aliphatic rings. The summed E-state index contributed by atoms with van der Waals surface area (Å²) in [5.74, 6) is 0.674. The molecular weight excluding hydrogens is 150 g/mol. The van der Waals surface area contributed by atoms with Gasteiger partial charge in [0.25, 0.3) is 0 Å². The maximum Gasteiger partial charge on any atom is 0.113 e. The van der Waals surface area contributed by atoms with Crippen LogP contribution in [0.15, 0.2) is 0 Å². The maximum absolute atomic E-state index is 5.68. The summed E-state index contributed by atoms with van der Waals surface area (Å²) in [5.41, 5.74) is 0.367. The quantitative estimate of drug-likeness (QED) is 0.598. The predicted octanol–water partition coefficient (Wildman–Crippen LogP) is 1.96. The van der Waals surface area contributed by atoms with Crippen LogP contribution >= 0.6 is 0 Å². The SMILES string of the molecule is CN(C)C1OCCC1C(C)(C)C. The minimum Gasteiger partial charge on any atom is -0.363 e. The molecule has 0 aromatic heterocycles. The van der Waals surface area contributed by atoms with E-state index in [0.29, 0.717) is 17.6 Å². The molecule has 2 nitrogen and oxygen atoms in total. The molecule has 2 unspecified atom stereocenters. The second kappa shape index (κ2) is 3.35. The summed E-state index contributed by atoms with van der Waals surface area (Å²) < 4.78 is 5.68. The Morgan fingerprint density at radius 3 is 2.17 bits per heavy atom. The fourth-order valence-electron chi connectivity index (χ4n) is 1.94. The van der Waals surface area contributed by atoms with Gasteiger partial charge in [0.1, 0.15) is 6.23 Å². The molecule has 0 aromatic rings. The van der Waals surface area contributed by atoms with Crippen LogP contribution in [-0.4, -0.2) is 31.8 Å². The van der Waals surface area contributed by atoms with Gasteiger partial charge in [-0.3, -0.25) is 4.90 Å². The first-order chi connectivity index (χ1) is 5.43. The number of nitrogens with zero attached hydrogens (tertiary/aromatic N) is 1. The van der Waals surface area contributed by atoms with E-state index in [-0.39, 0.29) is 0 Å². The molecule has 0 N–H and O–H groups in total. The summed E-state index contributed by atoms with van der Waals surface area (Å²) in [5, 5.41) is 0. The van der Waals surface area contributed by atoms with E-state index < -0.39 is 0 Å². The summed E-state index contributed by atoms with van der Waals surface area (Å²) in [4.78, 5) is 2.18. The van der Waals surface area contributed by atoms with E-state index in [1.165, 1.54) is 6.42 Å². The average molecular weight is 171 g/mol. The molecule has 2 heteroatoms. The highest BCUT2D eigenvalue weighted by atomic mass is 16.5. The van der Waals surface area contributed by atoms with Gasteiger partial charge in [-0.05, 0) is 25.9 Å². The molecule has 2 atom stereocenters. The van der Waals surface area contributed by atoms with Crippen molar-refractivity contribution in [1.29, 1.82) is 0 Å². The normalized spacial score (nSPS) is 31.5. The molecule has 0 radical (unpaired) electrons. The molecule has 0 amide bonds. The van der Waals surface area contributed by atoms with Gasteiger partial charge in [-0.2, -0.15) is 0 Å². The number of hydrogen-bond acceptors (Lipinski definition) is 2. The van der Waals surface area contributed by atoms with Crippen molar-refractivity contribution in [2.24, 2.45) is 11.3 Å². The zero-order valence-electron chi connectivity index (χ0n) is 8.92. The van der Waals surface area contributed by atoms with E-state index in [1.807, 2.05) is 0 Å². The lowest BCUT2D eigenvalue weighted by molar-refractivity contribution is -0.0370. The molecule has 72 valence electrons. The molecule has 1 saturated heterocycles. The van der Waals surface area contributed by atoms with Crippen LogP contribution in [-0.2, 0) is 4.74 Å². The van der Waals surface area contributed by atoms with Crippen LogP contribution in [0.1, 0.15) is 27.2 Å². The van der Waals surface area contributed by atoms with Gasteiger partial charge in [0.2, 0.25) is 0 Å². The highest BCUT2D eigenvalue weighted by Crippen LogP contribution is 2.37. The zero-order valence-corrected chi connectivity index (χ0v) is 8.92. The van der Waals surface area contributed by atoms with Gasteiger partial charge >= 0.3 is 0 Å². The van der Waals surface area contributed by atoms with Crippen LogP contribution in [0.2, 0.25) is 0 Å². The number of rotatable bonds is 1. The summed E-state index contributed by atoms with van der Waals surface area (Å²) in [6.45, 7) is 7.80. The fraction of sp³-hybridized carbons (Fsp3) is 1.00. The standard InChI is InChI=1S/C10H21NO/c1-10(2,3)8-6-7-12-9(8)11(4)5/h8-9H,6-7H2,1-5H3. The molecule has 12 heavy (non-hydrogen) atoms. The van der Waals surface area contributed by atoms with Crippen molar-refractivity contribution in [3.05, 3.63) is 0 Å². The Morgan fingerprint density at radius 2 is 1.83 bits per heavy atom. The molecule has 0 aromatic carbocycles. The Bertz CT molecular complexity index is 148. The zero-order chi connectivity index (χ0) is 9.35. The topological polar surface area (TPSA) is 12.5 Å². The monoisotopic (exact) mass is 171 g/mol. The summed E-state index contributed by atoms with van der Waals surface area (Å²) in [7, 11) is 4.18. The Morgan fingerprint density at radius 1 is 1.25 bits per heavy atom. The lowest BCUT2D eigenvalue weighted by Gasteiger charge is -2.34. The Kier molecular flexibility index (Phi) is 2.79. The summed E-state index contributed by atoms with van der Waals surface area (Å²) in [6, 6.07) is 0. The average Bonchev–Trinajstić information content (AvgIpc) is 2.30. The largest absolute Gasteiger partial charge is 0.363 e. The lowest BCUT2D eigenvalue weighted by atomic mass is 9.78. The molecule has 1 aliphatic heterocycles. The van der Waals surface area contributed by atoms with Crippen LogP contribution in [0.25, 0.3) is 0 Å². The van der Waals surface area contributed by atoms with Crippen LogP contribution in [0.4, 0.5) is 0 Å². The highest BCUT2D eigenvalue weighted by Gasteiger charge is 2.37. The summed E-state index contributed by atoms with van der Waals surface area (Å²) >= 11 is 0. The Hall–Kier alpha value is -0.0800. The fourth-order valence-corrected chi connectivity index (χ4v) is 1.94. The van der Waals surface area contributed by atoms with E-state index in [9.17, 15) is 0 Å². The van der Waals surface area contributed by atoms with Gasteiger partial charge in [0.05, 0.1) is 0 Å². The molecule has 1 heterocycles. The molecule has 0 saturated carbocycles. The Balaban J connectivity index is 2.64. The van der Waals surface area contributed by atoms with Crippen molar-refractivity contribution in [3.8, 4) is 0 Å². The molecule has 1 rings (SSSR count). The van der Waals surface area contributed by atoms with E-state index in [4.69, 9.17) is 4.74 Å². The smallest absolute Gasteiger partial charge is 0.113 e. The van der Waals surface area contributed by atoms with Gasteiger partial charge < -0.3 is 4.74 Å². The van der Waals surface area contributed by atoms with Crippen molar-refractivity contribution in [1.82, 2.24) is 4.90 Å². The van der Waals surface area contributed by atoms with Crippen LogP contribution < -0.4 is 0 Å². The van der Waals surface area contributed by atoms with Gasteiger partial charge in [-0.25, -0.2) is 0 Å². The van der Waals surface area contributed by atoms with Crippen molar-refractivity contribution in [2.45, 2.75) is 33.4 Å². The van der Waals surface area contributed by atoms with Gasteiger partial charge in [-0.1, -0.05) is 20.8 Å². The third-order valence-corrected chi connectivity index (χ3v) is 2.68. The predicted molar refractivity (Wildman–Crippen MR) is 51.0 cm³/mol. The third-order valence-electron chi connectivity index (χ3n) is 2.68. The first-order valence-corrected chi connectivity index (χ1v) is 4.71. The first kappa shape index (κ1) is 10.0. The minimum absolute atomic E-state index is 0.324. The van der Waals surface area contributed by atoms with E-state index in [1.54, 1.807) is 0 Å². The highest BCUT2D eigenvalue weighted by molar-refractivity contribution is 4.83. The lowest BCUT2D eigenvalue weighted by Crippen LogP contribution is -2.38. The minimum atomic E-state index is 0.324.